The third-order valence-corrected chi connectivity index (χ3v) is 6.91. The van der Waals surface area contributed by atoms with Crippen molar-refractivity contribution in [2.45, 2.75) is 51.1 Å². The van der Waals surface area contributed by atoms with Crippen molar-refractivity contribution in [3.63, 3.8) is 0 Å². The molecule has 8 heteroatoms. The Hall–Kier alpha value is -3.26. The Bertz CT molecular complexity index is 1040. The number of carboxylic acids is 1. The van der Waals surface area contributed by atoms with E-state index in [0.29, 0.717) is 23.8 Å². The predicted octanol–water partition coefficient (Wildman–Crippen LogP) is 3.96. The van der Waals surface area contributed by atoms with Crippen LogP contribution >= 0.6 is 0 Å². The van der Waals surface area contributed by atoms with E-state index < -0.39 is 17.9 Å². The highest BCUT2D eigenvalue weighted by Crippen LogP contribution is 2.47. The molecule has 4 rings (SSSR count). The van der Waals surface area contributed by atoms with Crippen molar-refractivity contribution < 1.29 is 28.9 Å². The second-order valence-electron chi connectivity index (χ2n) is 9.34. The zero-order chi connectivity index (χ0) is 24.9. The van der Waals surface area contributed by atoms with Crippen LogP contribution in [0.25, 0.3) is 0 Å². The molecule has 0 spiro atoms. The summed E-state index contributed by atoms with van der Waals surface area (Å²) in [5.74, 6) is -0.0833. The van der Waals surface area contributed by atoms with Gasteiger partial charge in [0.25, 0.3) is 0 Å². The number of carbonyl (C=O) groups is 2. The minimum Gasteiger partial charge on any atom is -0.497 e. The molecule has 4 unspecified atom stereocenters. The van der Waals surface area contributed by atoms with E-state index in [1.165, 1.54) is 0 Å². The zero-order valence-electron chi connectivity index (χ0n) is 20.5. The van der Waals surface area contributed by atoms with E-state index in [9.17, 15) is 14.7 Å². The fourth-order valence-corrected chi connectivity index (χ4v) is 5.16. The molecule has 188 valence electrons. The van der Waals surface area contributed by atoms with Crippen molar-refractivity contribution in [2.75, 3.05) is 27.0 Å². The Kier molecular flexibility index (Phi) is 7.80. The van der Waals surface area contributed by atoms with Gasteiger partial charge in [0.15, 0.2) is 11.5 Å². The van der Waals surface area contributed by atoms with E-state index >= 15 is 0 Å². The number of likely N-dealkylation sites (tertiary alicyclic amines) is 1. The molecule has 4 atom stereocenters. The number of amides is 1. The van der Waals surface area contributed by atoms with Crippen LogP contribution in [-0.4, -0.2) is 54.9 Å². The molecule has 0 bridgehead atoms. The first-order chi connectivity index (χ1) is 16.9. The summed E-state index contributed by atoms with van der Waals surface area (Å²) < 4.78 is 16.3. The number of nitrogens with one attached hydrogen (secondary N) is 1. The number of fused-ring (bicyclic) bond motifs is 1. The molecule has 2 N–H and O–H groups in total. The van der Waals surface area contributed by atoms with Gasteiger partial charge in [-0.15, -0.1) is 0 Å². The summed E-state index contributed by atoms with van der Waals surface area (Å²) in [7, 11) is 1.59. The molecule has 1 fully saturated rings. The Labute approximate surface area is 206 Å². The lowest BCUT2D eigenvalue weighted by molar-refractivity contribution is -0.143. The van der Waals surface area contributed by atoms with E-state index in [0.717, 1.165) is 30.4 Å². The third kappa shape index (κ3) is 5.53. The topological polar surface area (TPSA) is 97.3 Å². The normalized spacial score (nSPS) is 22.1. The first-order valence-electron chi connectivity index (χ1n) is 12.2. The van der Waals surface area contributed by atoms with Crippen molar-refractivity contribution in [2.24, 2.45) is 5.92 Å². The van der Waals surface area contributed by atoms with Gasteiger partial charge >= 0.3 is 5.97 Å². The highest BCUT2D eigenvalue weighted by molar-refractivity contribution is 5.79. The molecule has 0 aromatic heterocycles. The molecule has 2 heterocycles. The van der Waals surface area contributed by atoms with Gasteiger partial charge in [0.05, 0.1) is 19.6 Å². The number of benzene rings is 2. The lowest BCUT2D eigenvalue weighted by Gasteiger charge is -2.27. The lowest BCUT2D eigenvalue weighted by Crippen LogP contribution is -2.41. The van der Waals surface area contributed by atoms with Gasteiger partial charge in [-0.3, -0.25) is 14.5 Å². The van der Waals surface area contributed by atoms with Crippen LogP contribution in [0.15, 0.2) is 42.5 Å². The molecule has 2 aliphatic heterocycles. The monoisotopic (exact) mass is 482 g/mol. The number of carboxylic acid groups (broad SMARTS) is 1. The van der Waals surface area contributed by atoms with Crippen molar-refractivity contribution >= 4 is 11.9 Å². The molecule has 2 aromatic carbocycles. The zero-order valence-corrected chi connectivity index (χ0v) is 20.5. The summed E-state index contributed by atoms with van der Waals surface area (Å²) in [6, 6.07) is 12.6. The van der Waals surface area contributed by atoms with Crippen LogP contribution in [0.5, 0.6) is 17.2 Å². The highest BCUT2D eigenvalue weighted by Gasteiger charge is 2.48. The average Bonchev–Trinajstić information content (AvgIpc) is 3.47. The van der Waals surface area contributed by atoms with E-state index in [-0.39, 0.29) is 31.2 Å². The van der Waals surface area contributed by atoms with Gasteiger partial charge in [-0.2, -0.15) is 0 Å². The molecule has 35 heavy (non-hydrogen) atoms. The summed E-state index contributed by atoms with van der Waals surface area (Å²) in [5, 5.41) is 13.4. The first kappa shape index (κ1) is 24.9. The maximum atomic E-state index is 13.0. The van der Waals surface area contributed by atoms with Gasteiger partial charge < -0.3 is 24.6 Å². The molecule has 2 aliphatic rings. The summed E-state index contributed by atoms with van der Waals surface area (Å²) in [6.45, 7) is 4.85. The summed E-state index contributed by atoms with van der Waals surface area (Å²) in [4.78, 5) is 27.6. The maximum Gasteiger partial charge on any atom is 0.309 e. The Morgan fingerprint density at radius 3 is 2.54 bits per heavy atom. The number of ether oxygens (including phenoxy) is 3. The van der Waals surface area contributed by atoms with Gasteiger partial charge in [0, 0.05) is 24.5 Å². The minimum atomic E-state index is -0.896. The molecule has 2 aromatic rings. The summed E-state index contributed by atoms with van der Waals surface area (Å²) >= 11 is 0. The molecular formula is C27H34N2O6. The predicted molar refractivity (Wildman–Crippen MR) is 131 cm³/mol. The van der Waals surface area contributed by atoms with Crippen LogP contribution < -0.4 is 19.5 Å². The molecule has 0 aliphatic carbocycles. The number of carbonyl (C=O) groups excluding carboxylic acids is 1. The van der Waals surface area contributed by atoms with Crippen LogP contribution in [0.3, 0.4) is 0 Å². The third-order valence-electron chi connectivity index (χ3n) is 6.91. The number of hydrogen-bond acceptors (Lipinski definition) is 6. The summed E-state index contributed by atoms with van der Waals surface area (Å²) in [5.41, 5.74) is 1.70. The van der Waals surface area contributed by atoms with Gasteiger partial charge in [0.1, 0.15) is 5.75 Å². The number of hydrogen-bond donors (Lipinski definition) is 2. The van der Waals surface area contributed by atoms with Gasteiger partial charge in [-0.25, -0.2) is 0 Å². The largest absolute Gasteiger partial charge is 0.497 e. The first-order valence-corrected chi connectivity index (χ1v) is 12.2. The molecule has 8 nitrogen and oxygen atoms in total. The van der Waals surface area contributed by atoms with Crippen molar-refractivity contribution in [3.05, 3.63) is 53.6 Å². The maximum absolute atomic E-state index is 13.0. The number of rotatable bonds is 10. The van der Waals surface area contributed by atoms with E-state index in [2.05, 4.69) is 12.2 Å². The SMILES string of the molecule is CCCCC(C)NC(=O)CN1CC(c2ccc3c(c2)OCO3)C(C(=O)O)C1c1ccc(OC)cc1. The van der Waals surface area contributed by atoms with Crippen LogP contribution in [-0.2, 0) is 9.59 Å². The quantitative estimate of drug-likeness (QED) is 0.529. The standard InChI is InChI=1S/C27H34N2O6/c1-4-5-6-17(2)28-24(30)15-29-14-21(19-9-12-22-23(13-19)35-16-34-22)25(27(31)32)26(29)18-7-10-20(33-3)11-8-18/h7-13,17,21,25-26H,4-6,14-16H2,1-3H3,(H,28,30)(H,31,32). The van der Waals surface area contributed by atoms with E-state index in [1.54, 1.807) is 7.11 Å². The second kappa shape index (κ2) is 11.0. The van der Waals surface area contributed by atoms with E-state index in [4.69, 9.17) is 14.2 Å². The minimum absolute atomic E-state index is 0.0735. The lowest BCUT2D eigenvalue weighted by atomic mass is 9.82. The Morgan fingerprint density at radius 2 is 1.86 bits per heavy atom. The fraction of sp³-hybridized carbons (Fsp3) is 0.481. The van der Waals surface area contributed by atoms with Crippen molar-refractivity contribution in [1.82, 2.24) is 10.2 Å². The smallest absolute Gasteiger partial charge is 0.309 e. The van der Waals surface area contributed by atoms with Gasteiger partial charge in [-0.05, 0) is 48.7 Å². The number of aliphatic carboxylic acids is 1. The molecule has 0 saturated carbocycles. The fourth-order valence-electron chi connectivity index (χ4n) is 5.16. The Balaban J connectivity index is 1.64. The van der Waals surface area contributed by atoms with Crippen LogP contribution in [0.2, 0.25) is 0 Å². The highest BCUT2D eigenvalue weighted by atomic mass is 16.7. The molecular weight excluding hydrogens is 448 g/mol. The molecule has 1 amide bonds. The van der Waals surface area contributed by atoms with Crippen LogP contribution in [0.1, 0.15) is 56.2 Å². The number of unbranched alkanes of at least 4 members (excludes halogenated alkanes) is 1. The molecule has 0 radical (unpaired) electrons. The van der Waals surface area contributed by atoms with E-state index in [1.807, 2.05) is 54.3 Å². The van der Waals surface area contributed by atoms with Crippen molar-refractivity contribution in [1.29, 1.82) is 0 Å². The summed E-state index contributed by atoms with van der Waals surface area (Å²) in [6.07, 6.45) is 3.04. The Morgan fingerprint density at radius 1 is 1.14 bits per heavy atom. The van der Waals surface area contributed by atoms with Gasteiger partial charge in [0.2, 0.25) is 12.7 Å². The van der Waals surface area contributed by atoms with Crippen LogP contribution in [0.4, 0.5) is 0 Å². The van der Waals surface area contributed by atoms with Crippen molar-refractivity contribution in [3.8, 4) is 17.2 Å². The number of nitrogens with zero attached hydrogens (tertiary/aromatic N) is 1. The average molecular weight is 483 g/mol. The second-order valence-corrected chi connectivity index (χ2v) is 9.34. The molecule has 1 saturated heterocycles. The van der Waals surface area contributed by atoms with Gasteiger partial charge in [-0.1, -0.05) is 38.0 Å². The number of methoxy groups -OCH3 is 1. The van der Waals surface area contributed by atoms with Crippen LogP contribution in [0, 0.1) is 5.92 Å².